The average Bonchev–Trinajstić information content (AvgIpc) is 2.44. The number of hydrogen-bond donors (Lipinski definition) is 1. The Hall–Kier alpha value is -1.54. The maximum Gasteiger partial charge on any atom is 0.0370 e. The average molecular weight is 268 g/mol. The molecule has 0 atom stereocenters. The highest BCUT2D eigenvalue weighted by molar-refractivity contribution is 5.85. The lowest BCUT2D eigenvalue weighted by Crippen LogP contribution is -2.47. The fourth-order valence-electron chi connectivity index (χ4n) is 3.45. The molecule has 1 aliphatic carbocycles. The summed E-state index contributed by atoms with van der Waals surface area (Å²) in [5.74, 6) is 0. The van der Waals surface area contributed by atoms with Gasteiger partial charge in [-0.05, 0) is 42.8 Å². The Morgan fingerprint density at radius 3 is 2.50 bits per heavy atom. The predicted molar refractivity (Wildman–Crippen MR) is 87.4 cm³/mol. The molecule has 0 heterocycles. The molecule has 2 aromatic carbocycles. The zero-order valence-corrected chi connectivity index (χ0v) is 12.5. The van der Waals surface area contributed by atoms with E-state index in [4.69, 9.17) is 0 Å². The van der Waals surface area contributed by atoms with Crippen molar-refractivity contribution in [3.8, 4) is 0 Å². The highest BCUT2D eigenvalue weighted by Gasteiger charge is 2.37. The fraction of sp³-hybridized carbons (Fsp3) is 0.444. The van der Waals surface area contributed by atoms with Gasteiger partial charge >= 0.3 is 0 Å². The van der Waals surface area contributed by atoms with Gasteiger partial charge in [0.25, 0.3) is 0 Å². The lowest BCUT2D eigenvalue weighted by atomic mass is 9.68. The number of nitrogens with zero attached hydrogens (tertiary/aromatic N) is 1. The topological polar surface area (TPSA) is 15.3 Å². The van der Waals surface area contributed by atoms with Crippen molar-refractivity contribution in [1.29, 1.82) is 0 Å². The Kier molecular flexibility index (Phi) is 3.66. The second-order valence-electron chi connectivity index (χ2n) is 6.27. The van der Waals surface area contributed by atoms with Gasteiger partial charge in [-0.3, -0.25) is 0 Å². The smallest absolute Gasteiger partial charge is 0.0370 e. The zero-order valence-electron chi connectivity index (χ0n) is 12.5. The minimum Gasteiger partial charge on any atom is -0.374 e. The van der Waals surface area contributed by atoms with Crippen molar-refractivity contribution in [3.63, 3.8) is 0 Å². The first kappa shape index (κ1) is 13.4. The molecular formula is C18H24N2. The Morgan fingerprint density at radius 1 is 1.10 bits per heavy atom. The van der Waals surface area contributed by atoms with E-state index in [1.54, 1.807) is 0 Å². The van der Waals surface area contributed by atoms with Crippen molar-refractivity contribution in [2.24, 2.45) is 5.41 Å². The van der Waals surface area contributed by atoms with Gasteiger partial charge in [0.05, 0.1) is 0 Å². The van der Waals surface area contributed by atoms with Crippen LogP contribution >= 0.6 is 0 Å². The van der Waals surface area contributed by atoms with E-state index in [2.05, 4.69) is 66.8 Å². The monoisotopic (exact) mass is 268 g/mol. The summed E-state index contributed by atoms with van der Waals surface area (Å²) in [5, 5.41) is 6.02. The summed E-state index contributed by atoms with van der Waals surface area (Å²) >= 11 is 0. The standard InChI is InChI=1S/C18H24N2/c1-19-13-18(10-5-11-18)14-20(2)17-9-8-15-6-3-4-7-16(15)12-17/h3-4,6-9,12,19H,5,10-11,13-14H2,1-2H3. The number of nitrogens with one attached hydrogen (secondary N) is 1. The molecule has 0 amide bonds. The summed E-state index contributed by atoms with van der Waals surface area (Å²) in [6.07, 6.45) is 4.09. The Balaban J connectivity index is 1.79. The SMILES string of the molecule is CNCC1(CN(C)c2ccc3ccccc3c2)CCC1. The maximum absolute atomic E-state index is 3.37. The Labute approximate surface area is 121 Å². The minimum atomic E-state index is 0.481. The third-order valence-corrected chi connectivity index (χ3v) is 4.71. The quantitative estimate of drug-likeness (QED) is 0.890. The van der Waals surface area contributed by atoms with Crippen molar-refractivity contribution in [1.82, 2.24) is 5.32 Å². The summed E-state index contributed by atoms with van der Waals surface area (Å²) in [5.41, 5.74) is 1.81. The third kappa shape index (κ3) is 2.53. The van der Waals surface area contributed by atoms with Gasteiger partial charge in [-0.1, -0.05) is 36.8 Å². The molecule has 1 N–H and O–H groups in total. The first-order chi connectivity index (χ1) is 9.72. The molecule has 0 bridgehead atoms. The Bertz CT molecular complexity index is 587. The molecule has 1 fully saturated rings. The van der Waals surface area contributed by atoms with E-state index in [1.165, 1.54) is 35.7 Å². The third-order valence-electron chi connectivity index (χ3n) is 4.71. The van der Waals surface area contributed by atoms with Gasteiger partial charge in [0.2, 0.25) is 0 Å². The maximum atomic E-state index is 3.37. The van der Waals surface area contributed by atoms with Crippen LogP contribution in [0, 0.1) is 5.41 Å². The molecule has 0 radical (unpaired) electrons. The predicted octanol–water partition coefficient (Wildman–Crippen LogP) is 3.67. The van der Waals surface area contributed by atoms with Crippen LogP contribution in [0.15, 0.2) is 42.5 Å². The van der Waals surface area contributed by atoms with Crippen LogP contribution in [0.1, 0.15) is 19.3 Å². The number of fused-ring (bicyclic) bond motifs is 1. The first-order valence-corrected chi connectivity index (χ1v) is 7.57. The van der Waals surface area contributed by atoms with Crippen LogP contribution in [-0.4, -0.2) is 27.2 Å². The van der Waals surface area contributed by atoms with E-state index in [1.807, 2.05) is 0 Å². The molecule has 1 aliphatic rings. The summed E-state index contributed by atoms with van der Waals surface area (Å²) in [6.45, 7) is 2.27. The molecule has 0 aromatic heterocycles. The van der Waals surface area contributed by atoms with Crippen LogP contribution in [0.25, 0.3) is 10.8 Å². The van der Waals surface area contributed by atoms with Crippen molar-refractivity contribution < 1.29 is 0 Å². The summed E-state index contributed by atoms with van der Waals surface area (Å²) in [6, 6.07) is 15.4. The number of anilines is 1. The lowest BCUT2D eigenvalue weighted by Gasteiger charge is -2.45. The van der Waals surface area contributed by atoms with Gasteiger partial charge in [-0.2, -0.15) is 0 Å². The summed E-state index contributed by atoms with van der Waals surface area (Å²) in [4.78, 5) is 2.42. The van der Waals surface area contributed by atoms with Crippen molar-refractivity contribution in [2.75, 3.05) is 32.1 Å². The van der Waals surface area contributed by atoms with Gasteiger partial charge in [0, 0.05) is 31.2 Å². The van der Waals surface area contributed by atoms with E-state index in [-0.39, 0.29) is 0 Å². The van der Waals surface area contributed by atoms with Gasteiger partial charge in [-0.15, -0.1) is 0 Å². The number of benzene rings is 2. The summed E-state index contributed by atoms with van der Waals surface area (Å²) < 4.78 is 0. The van der Waals surface area contributed by atoms with Crippen molar-refractivity contribution in [2.45, 2.75) is 19.3 Å². The van der Waals surface area contributed by atoms with Gasteiger partial charge in [0.1, 0.15) is 0 Å². The fourth-order valence-corrected chi connectivity index (χ4v) is 3.45. The highest BCUT2D eigenvalue weighted by atomic mass is 15.1. The van der Waals surface area contributed by atoms with Crippen molar-refractivity contribution >= 4 is 16.5 Å². The van der Waals surface area contributed by atoms with Crippen LogP contribution in [-0.2, 0) is 0 Å². The van der Waals surface area contributed by atoms with E-state index in [0.29, 0.717) is 5.41 Å². The second-order valence-corrected chi connectivity index (χ2v) is 6.27. The van der Waals surface area contributed by atoms with Gasteiger partial charge in [0.15, 0.2) is 0 Å². The number of hydrogen-bond acceptors (Lipinski definition) is 2. The van der Waals surface area contributed by atoms with Gasteiger partial charge < -0.3 is 10.2 Å². The van der Waals surface area contributed by atoms with E-state index < -0.39 is 0 Å². The van der Waals surface area contributed by atoms with Crippen molar-refractivity contribution in [3.05, 3.63) is 42.5 Å². The van der Waals surface area contributed by atoms with E-state index in [0.717, 1.165) is 13.1 Å². The molecule has 3 rings (SSSR count). The van der Waals surface area contributed by atoms with Crippen LogP contribution in [0.4, 0.5) is 5.69 Å². The molecule has 1 saturated carbocycles. The van der Waals surface area contributed by atoms with Crippen LogP contribution < -0.4 is 10.2 Å². The molecule has 2 heteroatoms. The normalized spacial score (nSPS) is 16.9. The number of rotatable bonds is 5. The van der Waals surface area contributed by atoms with Crippen LogP contribution in [0.3, 0.4) is 0 Å². The molecule has 0 aliphatic heterocycles. The lowest BCUT2D eigenvalue weighted by molar-refractivity contribution is 0.143. The molecule has 106 valence electrons. The molecule has 2 nitrogen and oxygen atoms in total. The second kappa shape index (κ2) is 5.45. The molecule has 2 aromatic rings. The molecule has 0 spiro atoms. The molecule has 0 saturated heterocycles. The molecule has 0 unspecified atom stereocenters. The minimum absolute atomic E-state index is 0.481. The Morgan fingerprint density at radius 2 is 1.85 bits per heavy atom. The molecule has 20 heavy (non-hydrogen) atoms. The zero-order chi connectivity index (χ0) is 14.0. The highest BCUT2D eigenvalue weighted by Crippen LogP contribution is 2.41. The molecular weight excluding hydrogens is 244 g/mol. The van der Waals surface area contributed by atoms with Gasteiger partial charge in [-0.25, -0.2) is 0 Å². The van der Waals surface area contributed by atoms with Crippen LogP contribution in [0.5, 0.6) is 0 Å². The van der Waals surface area contributed by atoms with E-state index in [9.17, 15) is 0 Å². The largest absolute Gasteiger partial charge is 0.374 e. The van der Waals surface area contributed by atoms with Crippen LogP contribution in [0.2, 0.25) is 0 Å². The summed E-state index contributed by atoms with van der Waals surface area (Å²) in [7, 11) is 4.29. The van der Waals surface area contributed by atoms with E-state index >= 15 is 0 Å². The first-order valence-electron chi connectivity index (χ1n) is 7.57.